The first-order valence-corrected chi connectivity index (χ1v) is 16.2. The van der Waals surface area contributed by atoms with Crippen molar-refractivity contribution in [3.63, 3.8) is 0 Å². The molecule has 1 amide bonds. The lowest BCUT2D eigenvalue weighted by Crippen LogP contribution is -2.42. The van der Waals surface area contributed by atoms with E-state index in [1.165, 1.54) is 18.3 Å². The first-order chi connectivity index (χ1) is 19.4. The molecule has 2 N–H and O–H groups in total. The lowest BCUT2D eigenvalue weighted by molar-refractivity contribution is -0.144. The molecule has 1 aliphatic heterocycles. The number of fused-ring (bicyclic) bond motifs is 1. The first kappa shape index (κ1) is 34.5. The Kier molecular flexibility index (Phi) is 14.1. The van der Waals surface area contributed by atoms with Gasteiger partial charge in [-0.1, -0.05) is 29.4 Å². The van der Waals surface area contributed by atoms with Crippen molar-refractivity contribution >= 4 is 23.6 Å². The molecule has 0 fully saturated rings. The fraction of sp³-hybridized carbons (Fsp3) is 0.588. The zero-order chi connectivity index (χ0) is 30.6. The molecule has 0 radical (unpaired) electrons. The summed E-state index contributed by atoms with van der Waals surface area (Å²) in [5, 5.41) is 13.0. The van der Waals surface area contributed by atoms with Crippen molar-refractivity contribution < 1.29 is 24.2 Å². The highest BCUT2D eigenvalue weighted by molar-refractivity contribution is 7.98. The number of methoxy groups -OCH3 is 1. The predicted octanol–water partition coefficient (Wildman–Crippen LogP) is 7.68. The molecule has 7 heteroatoms. The number of amides is 1. The van der Waals surface area contributed by atoms with Gasteiger partial charge >= 0.3 is 5.97 Å². The van der Waals surface area contributed by atoms with Gasteiger partial charge in [0.1, 0.15) is 23.1 Å². The fourth-order valence-electron chi connectivity index (χ4n) is 5.13. The molecular formula is C34H51NO5S. The van der Waals surface area contributed by atoms with E-state index < -0.39 is 12.0 Å². The van der Waals surface area contributed by atoms with Crippen molar-refractivity contribution in [2.75, 3.05) is 19.1 Å². The number of hydrogen-bond acceptors (Lipinski definition) is 6. The Morgan fingerprint density at radius 2 is 1.76 bits per heavy atom. The van der Waals surface area contributed by atoms with E-state index in [4.69, 9.17) is 9.47 Å². The van der Waals surface area contributed by atoms with Crippen LogP contribution in [0.1, 0.15) is 95.8 Å². The van der Waals surface area contributed by atoms with Crippen molar-refractivity contribution in [3.05, 3.63) is 57.7 Å². The number of thioether (sulfide) groups is 1. The summed E-state index contributed by atoms with van der Waals surface area (Å²) in [7, 11) is 1.34. The van der Waals surface area contributed by atoms with Crippen molar-refractivity contribution in [1.82, 2.24) is 5.32 Å². The van der Waals surface area contributed by atoms with Gasteiger partial charge in [0, 0.05) is 11.1 Å². The smallest absolute Gasteiger partial charge is 0.328 e. The van der Waals surface area contributed by atoms with Gasteiger partial charge in [-0.2, -0.15) is 11.8 Å². The molecule has 2 rings (SSSR count). The molecule has 41 heavy (non-hydrogen) atoms. The number of esters is 1. The van der Waals surface area contributed by atoms with Gasteiger partial charge in [-0.05, 0) is 129 Å². The van der Waals surface area contributed by atoms with E-state index in [0.717, 1.165) is 79.6 Å². The van der Waals surface area contributed by atoms with Crippen molar-refractivity contribution in [2.45, 2.75) is 111 Å². The Bertz CT molecular complexity index is 1150. The second-order valence-corrected chi connectivity index (χ2v) is 12.6. The van der Waals surface area contributed by atoms with Gasteiger partial charge in [-0.3, -0.25) is 4.79 Å². The third-order valence-corrected chi connectivity index (χ3v) is 8.67. The van der Waals surface area contributed by atoms with Crippen LogP contribution in [-0.4, -0.2) is 47.7 Å². The molecule has 0 saturated carbocycles. The van der Waals surface area contributed by atoms with Crippen LogP contribution in [0.4, 0.5) is 0 Å². The number of hydrogen-bond donors (Lipinski definition) is 2. The summed E-state index contributed by atoms with van der Waals surface area (Å²) < 4.78 is 11.3. The lowest BCUT2D eigenvalue weighted by atomic mass is 9.86. The summed E-state index contributed by atoms with van der Waals surface area (Å²) in [5.41, 5.74) is 6.23. The summed E-state index contributed by atoms with van der Waals surface area (Å²) >= 11 is 1.63. The minimum Gasteiger partial charge on any atom is -0.508 e. The highest BCUT2D eigenvalue weighted by Crippen LogP contribution is 2.42. The van der Waals surface area contributed by atoms with Gasteiger partial charge in [0.15, 0.2) is 0 Å². The van der Waals surface area contributed by atoms with Crippen LogP contribution in [0.5, 0.6) is 11.5 Å². The molecule has 1 aliphatic rings. The van der Waals surface area contributed by atoms with Crippen LogP contribution in [0.15, 0.2) is 41.0 Å². The minimum absolute atomic E-state index is 0.189. The molecule has 1 aromatic rings. The number of carbonyl (C=O) groups is 2. The average molecular weight is 586 g/mol. The molecule has 2 unspecified atom stereocenters. The number of aryl methyl sites for hydroxylation is 1. The van der Waals surface area contributed by atoms with Gasteiger partial charge < -0.3 is 19.9 Å². The highest BCUT2D eigenvalue weighted by atomic mass is 32.2. The summed E-state index contributed by atoms with van der Waals surface area (Å²) in [4.78, 5) is 24.5. The van der Waals surface area contributed by atoms with E-state index in [-0.39, 0.29) is 11.5 Å². The monoisotopic (exact) mass is 585 g/mol. The van der Waals surface area contributed by atoms with Gasteiger partial charge in [0.25, 0.3) is 0 Å². The third-order valence-electron chi connectivity index (χ3n) is 8.02. The summed E-state index contributed by atoms with van der Waals surface area (Å²) in [5.74, 6) is 1.47. The molecule has 0 aromatic heterocycles. The number of ether oxygens (including phenoxy) is 2. The number of phenols is 1. The minimum atomic E-state index is -0.611. The van der Waals surface area contributed by atoms with Crippen molar-refractivity contribution in [2.24, 2.45) is 0 Å². The van der Waals surface area contributed by atoms with E-state index in [2.05, 4.69) is 38.2 Å². The molecule has 0 saturated heterocycles. The van der Waals surface area contributed by atoms with Gasteiger partial charge in [-0.15, -0.1) is 0 Å². The molecule has 0 bridgehead atoms. The van der Waals surface area contributed by atoms with Crippen LogP contribution in [0, 0.1) is 13.8 Å². The highest BCUT2D eigenvalue weighted by Gasteiger charge is 2.33. The molecular weight excluding hydrogens is 534 g/mol. The molecule has 228 valence electrons. The number of phenolic OH excluding ortho intramolecular Hbond substituents is 1. The Balaban J connectivity index is 1.77. The number of benzene rings is 1. The lowest BCUT2D eigenvalue weighted by Gasteiger charge is -2.37. The van der Waals surface area contributed by atoms with Crippen LogP contribution < -0.4 is 10.1 Å². The Morgan fingerprint density at radius 3 is 2.39 bits per heavy atom. The first-order valence-electron chi connectivity index (χ1n) is 14.8. The van der Waals surface area contributed by atoms with Crippen LogP contribution >= 0.6 is 11.8 Å². The number of aromatic hydroxyl groups is 1. The maximum Gasteiger partial charge on any atom is 0.328 e. The molecule has 2 atom stereocenters. The molecule has 6 nitrogen and oxygen atoms in total. The van der Waals surface area contributed by atoms with E-state index in [1.54, 1.807) is 18.7 Å². The van der Waals surface area contributed by atoms with Crippen LogP contribution in [-0.2, 0) is 20.7 Å². The maximum absolute atomic E-state index is 12.5. The zero-order valence-electron chi connectivity index (χ0n) is 26.4. The number of rotatable bonds is 15. The largest absolute Gasteiger partial charge is 0.508 e. The summed E-state index contributed by atoms with van der Waals surface area (Å²) in [6, 6.07) is 1.20. The SMILES string of the molecule is COC(=O)C(CCSC)NC(=O)/C(C)=C/CC/C(C)=C/CC/C(C)=C/CCC1(C)CCc2c(C)c(O)cc(C)c2O1. The third kappa shape index (κ3) is 10.9. The molecule has 1 aromatic carbocycles. The van der Waals surface area contributed by atoms with E-state index >= 15 is 0 Å². The second kappa shape index (κ2) is 16.7. The normalized spacial score (nSPS) is 18.4. The predicted molar refractivity (Wildman–Crippen MR) is 171 cm³/mol. The molecule has 0 spiro atoms. The topological polar surface area (TPSA) is 84.9 Å². The van der Waals surface area contributed by atoms with Crippen molar-refractivity contribution in [1.29, 1.82) is 0 Å². The van der Waals surface area contributed by atoms with E-state index in [9.17, 15) is 14.7 Å². The Morgan fingerprint density at radius 1 is 1.12 bits per heavy atom. The fourth-order valence-corrected chi connectivity index (χ4v) is 5.60. The Hall–Kier alpha value is -2.67. The molecule has 0 aliphatic carbocycles. The number of allylic oxidation sites excluding steroid dienone is 5. The van der Waals surface area contributed by atoms with Crippen molar-refractivity contribution in [3.8, 4) is 11.5 Å². The quantitative estimate of drug-likeness (QED) is 0.125. The van der Waals surface area contributed by atoms with E-state index in [1.807, 2.05) is 32.2 Å². The van der Waals surface area contributed by atoms with Gasteiger partial charge in [0.2, 0.25) is 5.91 Å². The van der Waals surface area contributed by atoms with Crippen LogP contribution in [0.3, 0.4) is 0 Å². The Labute approximate surface area is 252 Å². The van der Waals surface area contributed by atoms with Crippen LogP contribution in [0.25, 0.3) is 0 Å². The molecule has 1 heterocycles. The zero-order valence-corrected chi connectivity index (χ0v) is 27.3. The summed E-state index contributed by atoms with van der Waals surface area (Å²) in [6.45, 7) is 12.3. The maximum atomic E-state index is 12.5. The second-order valence-electron chi connectivity index (χ2n) is 11.6. The van der Waals surface area contributed by atoms with E-state index in [0.29, 0.717) is 17.7 Å². The number of carbonyl (C=O) groups excluding carboxylic acids is 2. The summed E-state index contributed by atoms with van der Waals surface area (Å²) in [6.07, 6.45) is 16.6. The number of nitrogens with one attached hydrogen (secondary N) is 1. The van der Waals surface area contributed by atoms with Gasteiger partial charge in [0.05, 0.1) is 7.11 Å². The van der Waals surface area contributed by atoms with Gasteiger partial charge in [-0.25, -0.2) is 4.79 Å². The average Bonchev–Trinajstić information content (AvgIpc) is 2.93. The standard InChI is InChI=1S/C34H51NO5S/c1-23(14-10-16-25(3)32(37)35-29(18-21-41-8)33(38)39-7)12-9-13-24(2)15-11-19-34(6)20-17-28-27(5)30(36)22-26(4)31(28)40-34/h12,15-16,22,29,36H,9-11,13-14,17-21H2,1-8H3,(H,35,37)/b23-12+,24-15+,25-16+. The van der Waals surface area contributed by atoms with Crippen LogP contribution in [0.2, 0.25) is 0 Å².